The van der Waals surface area contributed by atoms with E-state index in [-0.39, 0.29) is 23.3 Å². The van der Waals surface area contributed by atoms with Crippen LogP contribution in [0.4, 0.5) is 10.1 Å². The molecule has 0 fully saturated rings. The summed E-state index contributed by atoms with van der Waals surface area (Å²) >= 11 is 0. The van der Waals surface area contributed by atoms with Crippen LogP contribution in [0.1, 0.15) is 40.9 Å². The fourth-order valence-corrected chi connectivity index (χ4v) is 4.86. The van der Waals surface area contributed by atoms with E-state index in [2.05, 4.69) is 21.4 Å². The van der Waals surface area contributed by atoms with E-state index in [0.29, 0.717) is 11.3 Å². The number of guanidine groups is 1. The number of halogens is 1. The second-order valence-corrected chi connectivity index (χ2v) is 9.15. The normalized spacial score (nSPS) is 22.5. The lowest BCUT2D eigenvalue weighted by atomic mass is 10.1. The van der Waals surface area contributed by atoms with Gasteiger partial charge in [0.15, 0.2) is 0 Å². The molecule has 0 amide bonds. The van der Waals surface area contributed by atoms with Gasteiger partial charge in [0.25, 0.3) is 0 Å². The van der Waals surface area contributed by atoms with Gasteiger partial charge in [0, 0.05) is 24.5 Å². The van der Waals surface area contributed by atoms with Gasteiger partial charge >= 0.3 is 0 Å². The molecular formula is C19H19FN6O2S. The number of hydrogen-bond acceptors (Lipinski definition) is 7. The maximum atomic E-state index is 14.5. The fraction of sp³-hybridized carbons (Fsp3) is 0.316. The number of rotatable bonds is 3. The van der Waals surface area contributed by atoms with Crippen molar-refractivity contribution in [2.75, 3.05) is 18.1 Å². The van der Waals surface area contributed by atoms with E-state index >= 15 is 0 Å². The van der Waals surface area contributed by atoms with Crippen LogP contribution in [0.2, 0.25) is 0 Å². The molecule has 2 heterocycles. The minimum absolute atomic E-state index is 0.0779. The number of nitriles is 1. The molecular weight excluding hydrogens is 395 g/mol. The molecule has 3 N–H and O–H groups in total. The summed E-state index contributed by atoms with van der Waals surface area (Å²) in [7, 11) is -2.33. The topological polar surface area (TPSA) is 124 Å². The molecule has 1 aliphatic heterocycles. The second kappa shape index (κ2) is 7.00. The van der Waals surface area contributed by atoms with Gasteiger partial charge in [-0.3, -0.25) is 4.98 Å². The van der Waals surface area contributed by atoms with Crippen LogP contribution in [0, 0.1) is 17.1 Å². The Hall–Kier alpha value is -3.19. The van der Waals surface area contributed by atoms with Gasteiger partial charge in [0.1, 0.15) is 11.9 Å². The number of nitrogens with one attached hydrogen (secondary N) is 1. The number of aryl methyl sites for hydroxylation is 1. The molecule has 0 bridgehead atoms. The van der Waals surface area contributed by atoms with Crippen LogP contribution in [0.3, 0.4) is 0 Å². The summed E-state index contributed by atoms with van der Waals surface area (Å²) in [5.41, 5.74) is 8.91. The first-order valence-electron chi connectivity index (χ1n) is 9.03. The molecule has 0 spiro atoms. The number of sulfonamides is 1. The Kier molecular flexibility index (Phi) is 4.62. The molecule has 1 aromatic carbocycles. The van der Waals surface area contributed by atoms with Gasteiger partial charge < -0.3 is 11.1 Å². The van der Waals surface area contributed by atoms with Crippen LogP contribution >= 0.6 is 0 Å². The lowest BCUT2D eigenvalue weighted by molar-refractivity contribution is 0.525. The maximum absolute atomic E-state index is 14.5. The van der Waals surface area contributed by atoms with Gasteiger partial charge in [-0.05, 0) is 42.7 Å². The monoisotopic (exact) mass is 414 g/mol. The van der Waals surface area contributed by atoms with Crippen molar-refractivity contribution in [1.29, 1.82) is 5.26 Å². The molecule has 1 aliphatic carbocycles. The zero-order valence-corrected chi connectivity index (χ0v) is 16.4. The summed E-state index contributed by atoms with van der Waals surface area (Å²) in [6, 6.07) is 7.38. The largest absolute Gasteiger partial charge is 0.377 e. The molecule has 8 nitrogen and oxygen atoms in total. The number of nitrogens with zero attached hydrogens (tertiary/aromatic N) is 4. The van der Waals surface area contributed by atoms with Gasteiger partial charge in [0.2, 0.25) is 16.0 Å². The van der Waals surface area contributed by atoms with Crippen molar-refractivity contribution in [1.82, 2.24) is 9.29 Å². The molecule has 2 aliphatic rings. The predicted octanol–water partition coefficient (Wildman–Crippen LogP) is 1.82. The van der Waals surface area contributed by atoms with E-state index < -0.39 is 21.9 Å². The van der Waals surface area contributed by atoms with E-state index in [1.165, 1.54) is 19.3 Å². The van der Waals surface area contributed by atoms with E-state index in [4.69, 9.17) is 11.0 Å². The van der Waals surface area contributed by atoms with Gasteiger partial charge in [-0.2, -0.15) is 5.26 Å². The van der Waals surface area contributed by atoms with E-state index in [9.17, 15) is 12.8 Å². The smallest absolute Gasteiger partial charge is 0.239 e. The molecule has 2 atom stereocenters. The van der Waals surface area contributed by atoms with Crippen molar-refractivity contribution in [2.45, 2.75) is 24.9 Å². The minimum atomic E-state index is -3.65. The molecule has 2 aromatic rings. The lowest BCUT2D eigenvalue weighted by Gasteiger charge is -2.27. The summed E-state index contributed by atoms with van der Waals surface area (Å²) in [5, 5.41) is 12.3. The SMILES string of the molecule is CN1C(N)=NC(c2cc(N[C@@H]3CCc4cc(C#N)cnc43)ccc2F)CS1(=O)=O. The first-order chi connectivity index (χ1) is 13.8. The highest BCUT2D eigenvalue weighted by atomic mass is 32.2. The van der Waals surface area contributed by atoms with Crippen LogP contribution in [0.5, 0.6) is 0 Å². The zero-order valence-electron chi connectivity index (χ0n) is 15.6. The summed E-state index contributed by atoms with van der Waals surface area (Å²) < 4.78 is 39.9. The predicted molar refractivity (Wildman–Crippen MR) is 106 cm³/mol. The molecule has 0 radical (unpaired) electrons. The second-order valence-electron chi connectivity index (χ2n) is 7.10. The Labute approximate surface area is 167 Å². The van der Waals surface area contributed by atoms with Crippen LogP contribution < -0.4 is 11.1 Å². The summed E-state index contributed by atoms with van der Waals surface area (Å²) in [6.45, 7) is 0. The third-order valence-corrected chi connectivity index (χ3v) is 7.01. The van der Waals surface area contributed by atoms with E-state index in [1.807, 2.05) is 6.07 Å². The molecule has 1 aromatic heterocycles. The molecule has 4 rings (SSSR count). The van der Waals surface area contributed by atoms with Crippen molar-refractivity contribution >= 4 is 21.7 Å². The molecule has 10 heteroatoms. The molecule has 29 heavy (non-hydrogen) atoms. The number of anilines is 1. The highest BCUT2D eigenvalue weighted by Gasteiger charge is 2.33. The molecule has 1 unspecified atom stereocenters. The Bertz CT molecular complexity index is 1160. The van der Waals surface area contributed by atoms with E-state index in [0.717, 1.165) is 28.4 Å². The first kappa shape index (κ1) is 19.1. The average molecular weight is 414 g/mol. The molecule has 0 saturated heterocycles. The number of benzene rings is 1. The van der Waals surface area contributed by atoms with Gasteiger partial charge in [-0.1, -0.05) is 0 Å². The van der Waals surface area contributed by atoms with Crippen LogP contribution in [-0.4, -0.2) is 36.5 Å². The highest BCUT2D eigenvalue weighted by Crippen LogP contribution is 2.34. The summed E-state index contributed by atoms with van der Waals surface area (Å²) in [5.74, 6) is -1.06. The maximum Gasteiger partial charge on any atom is 0.239 e. The number of hydrogen-bond donors (Lipinski definition) is 2. The van der Waals surface area contributed by atoms with Crippen LogP contribution in [0.15, 0.2) is 35.5 Å². The first-order valence-corrected chi connectivity index (χ1v) is 10.6. The number of nitrogens with two attached hydrogens (primary N) is 1. The summed E-state index contributed by atoms with van der Waals surface area (Å²) in [6.07, 6.45) is 3.12. The number of fused-ring (bicyclic) bond motifs is 1. The third-order valence-electron chi connectivity index (χ3n) is 5.26. The number of aromatic nitrogens is 1. The lowest BCUT2D eigenvalue weighted by Crippen LogP contribution is -2.45. The Morgan fingerprint density at radius 2 is 2.17 bits per heavy atom. The zero-order chi connectivity index (χ0) is 20.8. The average Bonchev–Trinajstić information content (AvgIpc) is 3.09. The van der Waals surface area contributed by atoms with Crippen LogP contribution in [0.25, 0.3) is 0 Å². The quantitative estimate of drug-likeness (QED) is 0.789. The third kappa shape index (κ3) is 3.49. The van der Waals surface area contributed by atoms with Gasteiger partial charge in [-0.15, -0.1) is 0 Å². The fourth-order valence-electron chi connectivity index (χ4n) is 3.65. The van der Waals surface area contributed by atoms with E-state index in [1.54, 1.807) is 12.1 Å². The molecule has 150 valence electrons. The van der Waals surface area contributed by atoms with Crippen molar-refractivity contribution < 1.29 is 12.8 Å². The number of aliphatic imine (C=N–C) groups is 1. The number of pyridine rings is 1. The Morgan fingerprint density at radius 1 is 1.38 bits per heavy atom. The van der Waals surface area contributed by atoms with Crippen LogP contribution in [-0.2, 0) is 16.4 Å². The van der Waals surface area contributed by atoms with Crippen molar-refractivity contribution in [3.8, 4) is 6.07 Å². The standard InChI is InChI=1S/C19H19FN6O2S/c1-26-19(22)25-17(10-29(26,27)28)14-7-13(3-4-15(14)20)24-16-5-2-12-6-11(8-21)9-23-18(12)16/h3-4,6-7,9,16-17,24H,2,5,10H2,1H3,(H2,22,25)/t16-,17?/m1/s1. The minimum Gasteiger partial charge on any atom is -0.377 e. The Morgan fingerprint density at radius 3 is 2.90 bits per heavy atom. The van der Waals surface area contributed by atoms with Crippen molar-refractivity contribution in [2.24, 2.45) is 10.7 Å². The van der Waals surface area contributed by atoms with Gasteiger partial charge in [-0.25, -0.2) is 22.1 Å². The molecule has 0 saturated carbocycles. The Balaban J connectivity index is 1.62. The van der Waals surface area contributed by atoms with Crippen molar-refractivity contribution in [3.63, 3.8) is 0 Å². The van der Waals surface area contributed by atoms with Gasteiger partial charge in [0.05, 0.1) is 29.1 Å². The summed E-state index contributed by atoms with van der Waals surface area (Å²) in [4.78, 5) is 8.54. The van der Waals surface area contributed by atoms with Crippen molar-refractivity contribution in [3.05, 3.63) is 58.7 Å². The highest BCUT2D eigenvalue weighted by molar-refractivity contribution is 7.89.